The second-order valence-corrected chi connectivity index (χ2v) is 4.32. The summed E-state index contributed by atoms with van der Waals surface area (Å²) in [5.41, 5.74) is 5.95. The van der Waals surface area contributed by atoms with E-state index in [0.29, 0.717) is 11.3 Å². The average molecular weight is 251 g/mol. The van der Waals surface area contributed by atoms with Crippen LogP contribution in [0.25, 0.3) is 0 Å². The number of hydrogen-bond acceptors (Lipinski definition) is 5. The van der Waals surface area contributed by atoms with Crippen LogP contribution in [0.15, 0.2) is 24.3 Å². The molecule has 1 aromatic carbocycles. The molecule has 0 aliphatic rings. The van der Waals surface area contributed by atoms with Crippen LogP contribution < -0.4 is 5.73 Å². The minimum Gasteiger partial charge on any atom is -0.434 e. The fourth-order valence-electron chi connectivity index (χ4n) is 1.37. The Bertz CT molecular complexity index is 437. The Balaban J connectivity index is 2.82. The lowest BCUT2D eigenvalue weighted by molar-refractivity contribution is -0.145. The third-order valence-corrected chi connectivity index (χ3v) is 2.58. The van der Waals surface area contributed by atoms with E-state index in [1.807, 2.05) is 0 Å². The van der Waals surface area contributed by atoms with Gasteiger partial charge in [-0.25, -0.2) is 4.79 Å². The quantitative estimate of drug-likeness (QED) is 0.506. The number of hydrogen-bond donors (Lipinski definition) is 1. The van der Waals surface area contributed by atoms with E-state index in [1.54, 1.807) is 45.0 Å². The van der Waals surface area contributed by atoms with Crippen molar-refractivity contribution in [2.75, 3.05) is 12.3 Å². The topological polar surface area (TPSA) is 78.6 Å². The number of nitrogen functional groups attached to an aromatic ring is 1. The molecule has 2 N–H and O–H groups in total. The van der Waals surface area contributed by atoms with E-state index in [4.69, 9.17) is 5.73 Å². The van der Waals surface area contributed by atoms with Crippen molar-refractivity contribution in [3.63, 3.8) is 0 Å². The molecule has 1 aromatic rings. The summed E-state index contributed by atoms with van der Waals surface area (Å²) in [5.74, 6) is -0.661. The van der Waals surface area contributed by atoms with Crippen LogP contribution in [-0.2, 0) is 19.7 Å². The molecule has 18 heavy (non-hydrogen) atoms. The number of ether oxygens (including phenoxy) is 2. The molecule has 0 saturated carbocycles. The highest BCUT2D eigenvalue weighted by Crippen LogP contribution is 2.25. The van der Waals surface area contributed by atoms with Crippen LogP contribution in [0.1, 0.15) is 26.3 Å². The van der Waals surface area contributed by atoms with Gasteiger partial charge < -0.3 is 15.2 Å². The van der Waals surface area contributed by atoms with Gasteiger partial charge in [0.05, 0.1) is 12.0 Å². The molecule has 5 nitrogen and oxygen atoms in total. The molecule has 0 saturated heterocycles. The first-order chi connectivity index (χ1) is 8.37. The van der Waals surface area contributed by atoms with Gasteiger partial charge >= 0.3 is 12.1 Å². The van der Waals surface area contributed by atoms with Crippen molar-refractivity contribution < 1.29 is 19.1 Å². The van der Waals surface area contributed by atoms with E-state index in [0.717, 1.165) is 0 Å². The van der Waals surface area contributed by atoms with Crippen molar-refractivity contribution in [2.24, 2.45) is 0 Å². The first kappa shape index (κ1) is 14.0. The molecule has 98 valence electrons. The normalized spacial score (nSPS) is 10.8. The van der Waals surface area contributed by atoms with Crippen LogP contribution in [0.3, 0.4) is 0 Å². The minimum atomic E-state index is -0.981. The van der Waals surface area contributed by atoms with E-state index in [9.17, 15) is 9.59 Å². The summed E-state index contributed by atoms with van der Waals surface area (Å²) >= 11 is 0. The third-order valence-electron chi connectivity index (χ3n) is 2.58. The first-order valence-corrected chi connectivity index (χ1v) is 5.63. The zero-order chi connectivity index (χ0) is 13.8. The number of carbonyl (C=O) groups excluding carboxylic acids is 2. The summed E-state index contributed by atoms with van der Waals surface area (Å²) in [5, 5.41) is 0. The lowest BCUT2D eigenvalue weighted by atomic mass is 9.85. The second kappa shape index (κ2) is 5.53. The SMILES string of the molecule is CCOC(=O)OC(=O)C(C)(C)c1ccc(N)cc1. The highest BCUT2D eigenvalue weighted by Gasteiger charge is 2.33. The second-order valence-electron chi connectivity index (χ2n) is 4.32. The molecule has 5 heteroatoms. The van der Waals surface area contributed by atoms with Gasteiger partial charge in [-0.3, -0.25) is 4.79 Å². The molecule has 0 atom stereocenters. The van der Waals surface area contributed by atoms with E-state index in [-0.39, 0.29) is 6.61 Å². The summed E-state index contributed by atoms with van der Waals surface area (Å²) in [7, 11) is 0. The van der Waals surface area contributed by atoms with Crippen molar-refractivity contribution in [2.45, 2.75) is 26.2 Å². The van der Waals surface area contributed by atoms with Crippen LogP contribution in [0.2, 0.25) is 0 Å². The van der Waals surface area contributed by atoms with Gasteiger partial charge in [0.1, 0.15) is 0 Å². The molecule has 0 radical (unpaired) electrons. The van der Waals surface area contributed by atoms with Crippen LogP contribution in [0, 0.1) is 0 Å². The van der Waals surface area contributed by atoms with Gasteiger partial charge in [0.2, 0.25) is 0 Å². The van der Waals surface area contributed by atoms with Gasteiger partial charge in [0.25, 0.3) is 0 Å². The molecule has 0 heterocycles. The number of rotatable bonds is 3. The fraction of sp³-hybridized carbons (Fsp3) is 0.385. The average Bonchev–Trinajstić information content (AvgIpc) is 2.29. The van der Waals surface area contributed by atoms with Crippen molar-refractivity contribution in [1.82, 2.24) is 0 Å². The molecule has 0 amide bonds. The van der Waals surface area contributed by atoms with Crippen LogP contribution in [0.4, 0.5) is 10.5 Å². The Kier molecular flexibility index (Phi) is 4.31. The highest BCUT2D eigenvalue weighted by atomic mass is 16.7. The van der Waals surface area contributed by atoms with E-state index in [2.05, 4.69) is 9.47 Å². The Hall–Kier alpha value is -2.04. The lowest BCUT2D eigenvalue weighted by Crippen LogP contribution is -2.33. The maximum atomic E-state index is 11.9. The summed E-state index contributed by atoms with van der Waals surface area (Å²) in [4.78, 5) is 23.0. The maximum Gasteiger partial charge on any atom is 0.516 e. The smallest absolute Gasteiger partial charge is 0.434 e. The standard InChI is InChI=1S/C13H17NO4/c1-4-17-12(16)18-11(15)13(2,3)9-5-7-10(14)8-6-9/h5-8H,4,14H2,1-3H3. The molecule has 1 rings (SSSR count). The minimum absolute atomic E-state index is 0.161. The van der Waals surface area contributed by atoms with E-state index < -0.39 is 17.5 Å². The van der Waals surface area contributed by atoms with Crippen LogP contribution in [0.5, 0.6) is 0 Å². The zero-order valence-corrected chi connectivity index (χ0v) is 10.7. The van der Waals surface area contributed by atoms with Crippen molar-refractivity contribution in [1.29, 1.82) is 0 Å². The number of nitrogens with two attached hydrogens (primary N) is 1. The third kappa shape index (κ3) is 3.23. The summed E-state index contributed by atoms with van der Waals surface area (Å²) in [6.07, 6.45) is -0.981. The van der Waals surface area contributed by atoms with Gasteiger partial charge in [-0.1, -0.05) is 12.1 Å². The molecule has 0 unspecified atom stereocenters. The maximum absolute atomic E-state index is 11.9. The van der Waals surface area contributed by atoms with Gasteiger partial charge in [-0.15, -0.1) is 0 Å². The largest absolute Gasteiger partial charge is 0.516 e. The predicted octanol–water partition coefficient (Wildman–Crippen LogP) is 2.25. The van der Waals surface area contributed by atoms with E-state index >= 15 is 0 Å². The fourth-order valence-corrected chi connectivity index (χ4v) is 1.37. The van der Waals surface area contributed by atoms with Crippen molar-refractivity contribution >= 4 is 17.8 Å². The number of anilines is 1. The number of esters is 1. The molecule has 0 spiro atoms. The van der Waals surface area contributed by atoms with Gasteiger partial charge in [0, 0.05) is 5.69 Å². The molecule has 0 bridgehead atoms. The number of carbonyl (C=O) groups is 2. The molecule has 0 aliphatic carbocycles. The van der Waals surface area contributed by atoms with Crippen LogP contribution in [-0.4, -0.2) is 18.7 Å². The number of benzene rings is 1. The molecular formula is C13H17NO4. The van der Waals surface area contributed by atoms with E-state index in [1.165, 1.54) is 0 Å². The molecular weight excluding hydrogens is 234 g/mol. The summed E-state index contributed by atoms with van der Waals surface area (Å²) in [6, 6.07) is 6.83. The Morgan fingerprint density at radius 2 is 1.78 bits per heavy atom. The van der Waals surface area contributed by atoms with Crippen molar-refractivity contribution in [3.8, 4) is 0 Å². The molecule has 0 aliphatic heterocycles. The first-order valence-electron chi connectivity index (χ1n) is 5.63. The van der Waals surface area contributed by atoms with Gasteiger partial charge in [-0.2, -0.15) is 0 Å². The lowest BCUT2D eigenvalue weighted by Gasteiger charge is -2.22. The zero-order valence-electron chi connectivity index (χ0n) is 10.7. The molecule has 0 fully saturated rings. The monoisotopic (exact) mass is 251 g/mol. The van der Waals surface area contributed by atoms with Gasteiger partial charge in [-0.05, 0) is 38.5 Å². The Morgan fingerprint density at radius 3 is 2.28 bits per heavy atom. The Labute approximate surface area is 106 Å². The predicted molar refractivity (Wildman–Crippen MR) is 67.0 cm³/mol. The highest BCUT2D eigenvalue weighted by molar-refractivity contribution is 5.89. The van der Waals surface area contributed by atoms with Crippen molar-refractivity contribution in [3.05, 3.63) is 29.8 Å². The van der Waals surface area contributed by atoms with Crippen LogP contribution >= 0.6 is 0 Å². The molecule has 0 aromatic heterocycles. The summed E-state index contributed by atoms with van der Waals surface area (Å²) in [6.45, 7) is 5.13. The summed E-state index contributed by atoms with van der Waals surface area (Å²) < 4.78 is 9.17. The van der Waals surface area contributed by atoms with Gasteiger partial charge in [0.15, 0.2) is 0 Å². The Morgan fingerprint density at radius 1 is 1.22 bits per heavy atom.